The first-order valence-electron chi connectivity index (χ1n) is 10.7. The summed E-state index contributed by atoms with van der Waals surface area (Å²) in [6, 6.07) is 4.93. The molecule has 1 atom stereocenters. The molecule has 1 unspecified atom stereocenters. The van der Waals surface area contributed by atoms with Crippen molar-refractivity contribution in [1.29, 1.82) is 0 Å². The minimum atomic E-state index is -0.300. The summed E-state index contributed by atoms with van der Waals surface area (Å²) in [6.07, 6.45) is 4.80. The van der Waals surface area contributed by atoms with E-state index in [0.29, 0.717) is 17.6 Å². The summed E-state index contributed by atoms with van der Waals surface area (Å²) in [5.74, 6) is 1.51. The van der Waals surface area contributed by atoms with Gasteiger partial charge in [-0.3, -0.25) is 9.89 Å². The number of aliphatic imine (C=N–C) groups is 1. The van der Waals surface area contributed by atoms with E-state index in [2.05, 4.69) is 39.6 Å². The molecule has 0 saturated carbocycles. The van der Waals surface area contributed by atoms with E-state index in [1.807, 2.05) is 4.57 Å². The van der Waals surface area contributed by atoms with Crippen molar-refractivity contribution in [2.75, 3.05) is 26.2 Å². The molecule has 164 valence electrons. The molecular weight excluding hydrogens is 405 g/mol. The van der Waals surface area contributed by atoms with Crippen LogP contribution in [-0.2, 0) is 19.5 Å². The number of aromatic nitrogens is 3. The van der Waals surface area contributed by atoms with Gasteiger partial charge in [-0.1, -0.05) is 24.6 Å². The van der Waals surface area contributed by atoms with Crippen LogP contribution in [0, 0.1) is 5.82 Å². The Hall–Kier alpha value is -2.19. The summed E-state index contributed by atoms with van der Waals surface area (Å²) in [5, 5.41) is 15.5. The number of piperidine rings is 1. The fourth-order valence-electron chi connectivity index (χ4n) is 3.73. The van der Waals surface area contributed by atoms with Crippen molar-refractivity contribution in [1.82, 2.24) is 30.3 Å². The fourth-order valence-corrected chi connectivity index (χ4v) is 3.96. The third kappa shape index (κ3) is 6.40. The van der Waals surface area contributed by atoms with Gasteiger partial charge in [-0.25, -0.2) is 4.39 Å². The second-order valence-corrected chi connectivity index (χ2v) is 7.92. The highest BCUT2D eigenvalue weighted by Gasteiger charge is 2.21. The van der Waals surface area contributed by atoms with Crippen LogP contribution in [0.3, 0.4) is 0 Å². The number of aryl methyl sites for hydroxylation is 1. The highest BCUT2D eigenvalue weighted by Crippen LogP contribution is 2.21. The molecule has 0 aliphatic carbocycles. The van der Waals surface area contributed by atoms with E-state index in [4.69, 9.17) is 16.6 Å². The van der Waals surface area contributed by atoms with E-state index in [-0.39, 0.29) is 5.82 Å². The van der Waals surface area contributed by atoms with Crippen molar-refractivity contribution in [2.45, 2.75) is 52.2 Å². The lowest BCUT2D eigenvalue weighted by atomic mass is 10.0. The molecule has 1 fully saturated rings. The second kappa shape index (κ2) is 11.3. The topological polar surface area (TPSA) is 70.4 Å². The second-order valence-electron chi connectivity index (χ2n) is 7.51. The van der Waals surface area contributed by atoms with Gasteiger partial charge in [0, 0.05) is 43.7 Å². The molecule has 7 nitrogen and oxygen atoms in total. The number of rotatable bonds is 8. The maximum absolute atomic E-state index is 13.3. The fraction of sp³-hybridized carbons (Fsp3) is 0.571. The zero-order valence-electron chi connectivity index (χ0n) is 17.7. The average Bonchev–Trinajstić information content (AvgIpc) is 3.18. The number of halogens is 2. The SMILES string of the molecule is CCNC(=NCCn1cnnc1CC)NC1CCCN(Cc2ccc(F)cc2Cl)C1. The molecule has 1 saturated heterocycles. The van der Waals surface area contributed by atoms with Gasteiger partial charge in [-0.2, -0.15) is 0 Å². The minimum Gasteiger partial charge on any atom is -0.357 e. The number of benzene rings is 1. The molecule has 2 N–H and O–H groups in total. The minimum absolute atomic E-state index is 0.300. The van der Waals surface area contributed by atoms with Crippen LogP contribution in [0.15, 0.2) is 29.5 Å². The van der Waals surface area contributed by atoms with E-state index >= 15 is 0 Å². The Kier molecular flexibility index (Phi) is 8.45. The van der Waals surface area contributed by atoms with Crippen molar-refractivity contribution >= 4 is 17.6 Å². The Morgan fingerprint density at radius 3 is 3.00 bits per heavy atom. The van der Waals surface area contributed by atoms with Crippen LogP contribution < -0.4 is 10.6 Å². The van der Waals surface area contributed by atoms with Crippen molar-refractivity contribution in [3.8, 4) is 0 Å². The lowest BCUT2D eigenvalue weighted by molar-refractivity contribution is 0.192. The lowest BCUT2D eigenvalue weighted by Gasteiger charge is -2.34. The van der Waals surface area contributed by atoms with Crippen LogP contribution in [0.5, 0.6) is 0 Å². The molecule has 0 radical (unpaired) electrons. The number of guanidine groups is 1. The van der Waals surface area contributed by atoms with E-state index < -0.39 is 0 Å². The Morgan fingerprint density at radius 1 is 1.37 bits per heavy atom. The largest absolute Gasteiger partial charge is 0.357 e. The van der Waals surface area contributed by atoms with Gasteiger partial charge in [0.2, 0.25) is 0 Å². The van der Waals surface area contributed by atoms with Gasteiger partial charge in [0.25, 0.3) is 0 Å². The monoisotopic (exact) mass is 435 g/mol. The quantitative estimate of drug-likeness (QED) is 0.493. The van der Waals surface area contributed by atoms with Gasteiger partial charge in [-0.15, -0.1) is 10.2 Å². The summed E-state index contributed by atoms with van der Waals surface area (Å²) in [4.78, 5) is 7.08. The van der Waals surface area contributed by atoms with Crippen molar-refractivity contribution in [2.24, 2.45) is 4.99 Å². The first kappa shape index (κ1) is 22.5. The Morgan fingerprint density at radius 2 is 2.23 bits per heavy atom. The third-order valence-electron chi connectivity index (χ3n) is 5.22. The number of nitrogens with one attached hydrogen (secondary N) is 2. The highest BCUT2D eigenvalue weighted by molar-refractivity contribution is 6.31. The Balaban J connectivity index is 1.55. The van der Waals surface area contributed by atoms with Crippen LogP contribution >= 0.6 is 11.6 Å². The van der Waals surface area contributed by atoms with Gasteiger partial charge in [0.1, 0.15) is 18.0 Å². The molecular formula is C21H31ClFN7. The zero-order valence-corrected chi connectivity index (χ0v) is 18.5. The molecule has 2 aromatic rings. The summed E-state index contributed by atoms with van der Waals surface area (Å²) >= 11 is 6.21. The third-order valence-corrected chi connectivity index (χ3v) is 5.57. The summed E-state index contributed by atoms with van der Waals surface area (Å²) in [7, 11) is 0. The van der Waals surface area contributed by atoms with E-state index in [9.17, 15) is 4.39 Å². The van der Waals surface area contributed by atoms with Gasteiger partial charge in [0.15, 0.2) is 5.96 Å². The summed E-state index contributed by atoms with van der Waals surface area (Å²) < 4.78 is 15.3. The Labute approximate surface area is 182 Å². The maximum Gasteiger partial charge on any atom is 0.191 e. The number of nitrogens with zero attached hydrogens (tertiary/aromatic N) is 5. The van der Waals surface area contributed by atoms with E-state index in [1.165, 1.54) is 12.1 Å². The van der Waals surface area contributed by atoms with E-state index in [1.54, 1.807) is 12.4 Å². The molecule has 0 spiro atoms. The van der Waals surface area contributed by atoms with Crippen LogP contribution in [0.25, 0.3) is 0 Å². The molecule has 30 heavy (non-hydrogen) atoms. The maximum atomic E-state index is 13.3. The molecule has 9 heteroatoms. The van der Waals surface area contributed by atoms with Crippen molar-refractivity contribution < 1.29 is 4.39 Å². The number of hydrogen-bond acceptors (Lipinski definition) is 4. The smallest absolute Gasteiger partial charge is 0.191 e. The summed E-state index contributed by atoms with van der Waals surface area (Å²) in [6.45, 7) is 8.98. The van der Waals surface area contributed by atoms with Crippen LogP contribution in [0.4, 0.5) is 4.39 Å². The van der Waals surface area contributed by atoms with Crippen molar-refractivity contribution in [3.05, 3.63) is 46.8 Å². The van der Waals surface area contributed by atoms with Gasteiger partial charge in [0.05, 0.1) is 6.54 Å². The highest BCUT2D eigenvalue weighted by atomic mass is 35.5. The molecule has 2 heterocycles. The van der Waals surface area contributed by atoms with Gasteiger partial charge in [-0.05, 0) is 44.0 Å². The predicted molar refractivity (Wildman–Crippen MR) is 118 cm³/mol. The molecule has 0 bridgehead atoms. The van der Waals surface area contributed by atoms with Gasteiger partial charge >= 0.3 is 0 Å². The predicted octanol–water partition coefficient (Wildman–Crippen LogP) is 2.85. The molecule has 1 aliphatic rings. The first-order valence-corrected chi connectivity index (χ1v) is 11.0. The molecule has 0 amide bonds. The number of hydrogen-bond donors (Lipinski definition) is 2. The Bertz CT molecular complexity index is 839. The number of likely N-dealkylation sites (tertiary alicyclic amines) is 1. The van der Waals surface area contributed by atoms with Crippen molar-refractivity contribution in [3.63, 3.8) is 0 Å². The zero-order chi connectivity index (χ0) is 21.3. The van der Waals surface area contributed by atoms with Crippen LogP contribution in [-0.4, -0.2) is 57.8 Å². The first-order chi connectivity index (χ1) is 14.6. The van der Waals surface area contributed by atoms with E-state index in [0.717, 1.165) is 69.3 Å². The molecule has 3 rings (SSSR count). The van der Waals surface area contributed by atoms with Crippen LogP contribution in [0.2, 0.25) is 5.02 Å². The van der Waals surface area contributed by atoms with Crippen LogP contribution in [0.1, 0.15) is 38.1 Å². The molecule has 1 aromatic carbocycles. The molecule has 1 aromatic heterocycles. The molecule has 1 aliphatic heterocycles. The lowest BCUT2D eigenvalue weighted by Crippen LogP contribution is -2.51. The average molecular weight is 436 g/mol. The van der Waals surface area contributed by atoms with Gasteiger partial charge < -0.3 is 15.2 Å². The summed E-state index contributed by atoms with van der Waals surface area (Å²) in [5.41, 5.74) is 0.958. The normalized spacial score (nSPS) is 17.9. The standard InChI is InChI=1S/C21H31ClFN7/c1-3-20-28-26-15-30(20)11-9-25-21(24-4-2)27-18-6-5-10-29(14-18)13-16-7-8-17(23)12-19(16)22/h7-8,12,15,18H,3-6,9-11,13-14H2,1-2H3,(H2,24,25,27).